The summed E-state index contributed by atoms with van der Waals surface area (Å²) in [6.45, 7) is 2.84. The molecule has 1 heterocycles. The summed E-state index contributed by atoms with van der Waals surface area (Å²) in [5.41, 5.74) is 8.30. The van der Waals surface area contributed by atoms with E-state index in [1.54, 1.807) is 0 Å². The van der Waals surface area contributed by atoms with E-state index in [2.05, 4.69) is 58.9 Å². The third-order valence-electron chi connectivity index (χ3n) is 2.88. The molecule has 0 aliphatic rings. The maximum Gasteiger partial charge on any atom is 0.0492 e. The number of rotatable bonds is 2. The average molecular weight is 267 g/mol. The minimum atomic E-state index is 0.396. The zero-order valence-corrected chi connectivity index (χ0v) is 10.6. The molecular weight excluding hydrogens is 252 g/mol. The number of aromatic nitrogens is 1. The minimum absolute atomic E-state index is 0.396. The van der Waals surface area contributed by atoms with Crippen molar-refractivity contribution in [2.24, 2.45) is 12.8 Å². The maximum absolute atomic E-state index is 5.73. The Morgan fingerprint density at radius 3 is 2.87 bits per heavy atom. The van der Waals surface area contributed by atoms with Gasteiger partial charge in [0.15, 0.2) is 0 Å². The molecule has 1 aromatic carbocycles. The fourth-order valence-corrected chi connectivity index (χ4v) is 2.52. The Labute approximate surface area is 98.2 Å². The van der Waals surface area contributed by atoms with Crippen molar-refractivity contribution in [3.63, 3.8) is 0 Å². The predicted octanol–water partition coefficient (Wildman–Crippen LogP) is 3.00. The fraction of sp³-hybridized carbons (Fsp3) is 0.333. The molecule has 0 aliphatic heterocycles. The summed E-state index contributed by atoms with van der Waals surface area (Å²) in [6.07, 6.45) is 2.17. The molecule has 0 fully saturated rings. The van der Waals surface area contributed by atoms with Crippen molar-refractivity contribution in [3.05, 3.63) is 34.4 Å². The first kappa shape index (κ1) is 10.7. The van der Waals surface area contributed by atoms with Gasteiger partial charge in [-0.3, -0.25) is 0 Å². The van der Waals surface area contributed by atoms with Gasteiger partial charge in [-0.2, -0.15) is 0 Å². The van der Waals surface area contributed by atoms with Crippen LogP contribution in [0.15, 0.2) is 28.9 Å². The van der Waals surface area contributed by atoms with Crippen LogP contribution in [-0.4, -0.2) is 11.1 Å². The average Bonchev–Trinajstić information content (AvgIpc) is 2.57. The van der Waals surface area contributed by atoms with Gasteiger partial charge in [0.2, 0.25) is 0 Å². The van der Waals surface area contributed by atoms with Gasteiger partial charge in [0.25, 0.3) is 0 Å². The molecule has 2 N–H and O–H groups in total. The van der Waals surface area contributed by atoms with Crippen LogP contribution in [0.2, 0.25) is 0 Å². The number of aryl methyl sites for hydroxylation is 1. The summed E-state index contributed by atoms with van der Waals surface area (Å²) >= 11 is 3.60. The highest BCUT2D eigenvalue weighted by molar-refractivity contribution is 9.10. The molecule has 0 aliphatic carbocycles. The summed E-state index contributed by atoms with van der Waals surface area (Å²) in [5, 5.41) is 1.29. The Morgan fingerprint density at radius 2 is 2.20 bits per heavy atom. The normalized spacial score (nSPS) is 13.3. The molecule has 3 heteroatoms. The zero-order valence-electron chi connectivity index (χ0n) is 9.00. The number of benzene rings is 1. The van der Waals surface area contributed by atoms with Crippen molar-refractivity contribution < 1.29 is 0 Å². The number of nitrogens with two attached hydrogens (primary N) is 1. The maximum atomic E-state index is 5.73. The molecule has 0 radical (unpaired) electrons. The van der Waals surface area contributed by atoms with E-state index in [0.717, 1.165) is 4.47 Å². The minimum Gasteiger partial charge on any atom is -0.350 e. The zero-order chi connectivity index (χ0) is 11.0. The molecule has 0 saturated heterocycles. The third-order valence-corrected chi connectivity index (χ3v) is 3.54. The van der Waals surface area contributed by atoms with E-state index in [1.807, 2.05) is 0 Å². The van der Waals surface area contributed by atoms with Crippen LogP contribution >= 0.6 is 15.9 Å². The number of fused-ring (bicyclic) bond motifs is 1. The molecule has 1 aromatic heterocycles. The Bertz CT molecular complexity index is 488. The van der Waals surface area contributed by atoms with E-state index in [1.165, 1.54) is 16.5 Å². The lowest BCUT2D eigenvalue weighted by molar-refractivity contribution is 0.773. The van der Waals surface area contributed by atoms with Gasteiger partial charge in [0, 0.05) is 28.6 Å². The topological polar surface area (TPSA) is 30.9 Å². The molecule has 0 saturated carbocycles. The highest BCUT2D eigenvalue weighted by Gasteiger charge is 2.13. The second-order valence-corrected chi connectivity index (χ2v) is 4.82. The molecule has 2 rings (SSSR count). The van der Waals surface area contributed by atoms with Crippen LogP contribution in [0.3, 0.4) is 0 Å². The van der Waals surface area contributed by atoms with Crippen molar-refractivity contribution in [1.82, 2.24) is 4.57 Å². The van der Waals surface area contributed by atoms with Gasteiger partial charge in [0.05, 0.1) is 0 Å². The van der Waals surface area contributed by atoms with Crippen molar-refractivity contribution in [3.8, 4) is 0 Å². The van der Waals surface area contributed by atoms with E-state index in [-0.39, 0.29) is 0 Å². The molecule has 15 heavy (non-hydrogen) atoms. The Morgan fingerprint density at radius 1 is 1.47 bits per heavy atom. The second kappa shape index (κ2) is 3.99. The first-order valence-corrected chi connectivity index (χ1v) is 5.88. The van der Waals surface area contributed by atoms with Gasteiger partial charge < -0.3 is 10.3 Å². The summed E-state index contributed by atoms with van der Waals surface area (Å²) < 4.78 is 3.30. The molecular formula is C12H15BrN2. The van der Waals surface area contributed by atoms with E-state index in [4.69, 9.17) is 5.73 Å². The van der Waals surface area contributed by atoms with Crippen LogP contribution < -0.4 is 5.73 Å². The van der Waals surface area contributed by atoms with Crippen molar-refractivity contribution in [2.75, 3.05) is 6.54 Å². The largest absolute Gasteiger partial charge is 0.350 e. The number of hydrogen-bond acceptors (Lipinski definition) is 1. The SMILES string of the molecule is CC(CN)c1cn(C)c2cccc(Br)c12. The molecule has 2 aromatic rings. The van der Waals surface area contributed by atoms with E-state index in [0.29, 0.717) is 12.5 Å². The second-order valence-electron chi connectivity index (χ2n) is 3.97. The van der Waals surface area contributed by atoms with Crippen molar-refractivity contribution in [1.29, 1.82) is 0 Å². The highest BCUT2D eigenvalue weighted by Crippen LogP contribution is 2.32. The Kier molecular flexibility index (Phi) is 2.85. The lowest BCUT2D eigenvalue weighted by atomic mass is 10.0. The van der Waals surface area contributed by atoms with Crippen LogP contribution in [-0.2, 0) is 7.05 Å². The van der Waals surface area contributed by atoms with E-state index in [9.17, 15) is 0 Å². The first-order valence-electron chi connectivity index (χ1n) is 5.08. The summed E-state index contributed by atoms with van der Waals surface area (Å²) in [5.74, 6) is 0.396. The lowest BCUT2D eigenvalue weighted by Crippen LogP contribution is -2.08. The number of halogens is 1. The van der Waals surface area contributed by atoms with Gasteiger partial charge in [-0.25, -0.2) is 0 Å². The van der Waals surface area contributed by atoms with Crippen molar-refractivity contribution >= 4 is 26.8 Å². The number of nitrogens with zero attached hydrogens (tertiary/aromatic N) is 1. The highest BCUT2D eigenvalue weighted by atomic mass is 79.9. The molecule has 2 nitrogen and oxygen atoms in total. The lowest BCUT2D eigenvalue weighted by Gasteiger charge is -2.07. The Balaban J connectivity index is 2.75. The van der Waals surface area contributed by atoms with Crippen LogP contribution in [0.5, 0.6) is 0 Å². The first-order chi connectivity index (χ1) is 7.15. The van der Waals surface area contributed by atoms with Gasteiger partial charge in [-0.05, 0) is 30.2 Å². The molecule has 0 amide bonds. The van der Waals surface area contributed by atoms with Crippen LogP contribution in [0.4, 0.5) is 0 Å². The molecule has 80 valence electrons. The quantitative estimate of drug-likeness (QED) is 0.890. The summed E-state index contributed by atoms with van der Waals surface area (Å²) in [6, 6.07) is 6.27. The molecule has 1 atom stereocenters. The molecule has 0 spiro atoms. The van der Waals surface area contributed by atoms with Gasteiger partial charge >= 0.3 is 0 Å². The number of hydrogen-bond donors (Lipinski definition) is 1. The van der Waals surface area contributed by atoms with Crippen LogP contribution in [0, 0.1) is 0 Å². The monoisotopic (exact) mass is 266 g/mol. The third kappa shape index (κ3) is 1.70. The van der Waals surface area contributed by atoms with E-state index < -0.39 is 0 Å². The van der Waals surface area contributed by atoms with Crippen LogP contribution in [0.25, 0.3) is 10.9 Å². The molecule has 0 bridgehead atoms. The van der Waals surface area contributed by atoms with Gasteiger partial charge in [-0.15, -0.1) is 0 Å². The summed E-state index contributed by atoms with van der Waals surface area (Å²) in [7, 11) is 2.07. The van der Waals surface area contributed by atoms with E-state index >= 15 is 0 Å². The smallest absolute Gasteiger partial charge is 0.0492 e. The predicted molar refractivity (Wildman–Crippen MR) is 68.1 cm³/mol. The fourth-order valence-electron chi connectivity index (χ4n) is 1.94. The van der Waals surface area contributed by atoms with Gasteiger partial charge in [0.1, 0.15) is 0 Å². The van der Waals surface area contributed by atoms with Gasteiger partial charge in [-0.1, -0.05) is 28.9 Å². The van der Waals surface area contributed by atoms with Crippen LogP contribution in [0.1, 0.15) is 18.4 Å². The summed E-state index contributed by atoms with van der Waals surface area (Å²) in [4.78, 5) is 0. The van der Waals surface area contributed by atoms with Crippen molar-refractivity contribution in [2.45, 2.75) is 12.8 Å². The molecule has 1 unspecified atom stereocenters. The Hall–Kier alpha value is -0.800. The standard InChI is InChI=1S/C12H15BrN2/c1-8(6-14)9-7-15(2)11-5-3-4-10(13)12(9)11/h3-5,7-8H,6,14H2,1-2H3.